The van der Waals surface area contributed by atoms with Crippen molar-refractivity contribution >= 4 is 12.0 Å². The largest absolute Gasteiger partial charge is 0.444 e. The number of fused-ring (bicyclic) bond motifs is 1. The maximum Gasteiger partial charge on any atom is 0.407 e. The molecule has 3 heterocycles. The van der Waals surface area contributed by atoms with Crippen LogP contribution in [-0.4, -0.2) is 56.2 Å². The molecule has 2 aliphatic heterocycles. The highest BCUT2D eigenvalue weighted by atomic mass is 19.1. The van der Waals surface area contributed by atoms with Crippen LogP contribution in [0.15, 0.2) is 48.7 Å². The van der Waals surface area contributed by atoms with Gasteiger partial charge in [-0.15, -0.1) is 0 Å². The van der Waals surface area contributed by atoms with Crippen LogP contribution in [0.1, 0.15) is 55.6 Å². The second-order valence-corrected chi connectivity index (χ2v) is 11.3. The van der Waals surface area contributed by atoms with Gasteiger partial charge in [-0.1, -0.05) is 18.2 Å². The van der Waals surface area contributed by atoms with Crippen LogP contribution in [0.4, 0.5) is 18.0 Å². The van der Waals surface area contributed by atoms with Crippen molar-refractivity contribution < 1.29 is 27.5 Å². The van der Waals surface area contributed by atoms with Gasteiger partial charge in [0.05, 0.1) is 30.0 Å². The lowest BCUT2D eigenvalue weighted by Crippen LogP contribution is -2.61. The van der Waals surface area contributed by atoms with Gasteiger partial charge in [0.15, 0.2) is 0 Å². The number of carbonyl (C=O) groups is 2. The summed E-state index contributed by atoms with van der Waals surface area (Å²) in [4.78, 5) is 30.5. The summed E-state index contributed by atoms with van der Waals surface area (Å²) in [7, 11) is 0. The molecule has 0 aliphatic carbocycles. The molecule has 0 radical (unpaired) electrons. The monoisotopic (exact) mass is 555 g/mol. The van der Waals surface area contributed by atoms with Crippen LogP contribution in [-0.2, 0) is 29.0 Å². The van der Waals surface area contributed by atoms with E-state index in [0.717, 1.165) is 29.5 Å². The summed E-state index contributed by atoms with van der Waals surface area (Å²) < 4.78 is 49.7. The number of carbonyl (C=O) groups excluding carboxylic acids is 2. The summed E-state index contributed by atoms with van der Waals surface area (Å²) >= 11 is 0. The predicted molar refractivity (Wildman–Crippen MR) is 140 cm³/mol. The number of benzene rings is 2. The molecule has 2 aliphatic rings. The Morgan fingerprint density at radius 3 is 2.62 bits per heavy atom. The van der Waals surface area contributed by atoms with Crippen LogP contribution in [0, 0.1) is 17.5 Å². The Kier molecular flexibility index (Phi) is 7.59. The summed E-state index contributed by atoms with van der Waals surface area (Å²) in [5, 5.41) is 9.83. The number of nitrogens with one attached hydrogen (secondary N) is 2. The number of halogens is 3. The van der Waals surface area contributed by atoms with Crippen LogP contribution < -0.4 is 5.32 Å². The van der Waals surface area contributed by atoms with Crippen molar-refractivity contribution in [2.75, 3.05) is 6.54 Å². The van der Waals surface area contributed by atoms with Crippen molar-refractivity contribution in [3.8, 4) is 0 Å². The molecule has 3 atom stereocenters. The summed E-state index contributed by atoms with van der Waals surface area (Å²) in [6.07, 6.45) is 1.24. The SMILES string of the molecule is CC(C)(C)OC(=O)NC1CC(N2Cc3cn[nH]c3C2)C(=O)N(CCc2ccccc2F)C1c1cc(F)ccc1F. The lowest BCUT2D eigenvalue weighted by atomic mass is 9.86. The number of amides is 2. The molecule has 3 aromatic rings. The normalized spacial score (nSPS) is 21.4. The molecule has 1 aromatic heterocycles. The van der Waals surface area contributed by atoms with E-state index in [4.69, 9.17) is 4.74 Å². The third-order valence-electron chi connectivity index (χ3n) is 7.30. The van der Waals surface area contributed by atoms with Gasteiger partial charge in [-0.25, -0.2) is 18.0 Å². The first-order valence-electron chi connectivity index (χ1n) is 13.2. The van der Waals surface area contributed by atoms with E-state index in [0.29, 0.717) is 18.7 Å². The van der Waals surface area contributed by atoms with Gasteiger partial charge in [0.2, 0.25) is 5.91 Å². The van der Waals surface area contributed by atoms with Gasteiger partial charge in [-0.05, 0) is 63.4 Å². The highest BCUT2D eigenvalue weighted by molar-refractivity contribution is 5.84. The van der Waals surface area contributed by atoms with Gasteiger partial charge < -0.3 is 15.0 Å². The number of aromatic nitrogens is 2. The number of nitrogens with zero attached hydrogens (tertiary/aromatic N) is 3. The van der Waals surface area contributed by atoms with Gasteiger partial charge in [0.1, 0.15) is 23.1 Å². The molecular weight excluding hydrogens is 523 g/mol. The number of hydrogen-bond acceptors (Lipinski definition) is 5. The van der Waals surface area contributed by atoms with Gasteiger partial charge >= 0.3 is 6.09 Å². The number of hydrogen-bond donors (Lipinski definition) is 2. The fraction of sp³-hybridized carbons (Fsp3) is 0.414. The van der Waals surface area contributed by atoms with E-state index in [1.165, 1.54) is 11.0 Å². The Morgan fingerprint density at radius 2 is 1.90 bits per heavy atom. The third-order valence-corrected chi connectivity index (χ3v) is 7.30. The molecule has 2 N–H and O–H groups in total. The Hall–Kier alpha value is -3.86. The number of H-pyrrole nitrogens is 1. The van der Waals surface area contributed by atoms with Gasteiger partial charge in [-0.3, -0.25) is 14.8 Å². The van der Waals surface area contributed by atoms with E-state index in [2.05, 4.69) is 15.5 Å². The highest BCUT2D eigenvalue weighted by Gasteiger charge is 2.47. The molecule has 0 saturated carbocycles. The molecule has 2 amide bonds. The van der Waals surface area contributed by atoms with Gasteiger partial charge in [0.25, 0.3) is 0 Å². The summed E-state index contributed by atoms with van der Waals surface area (Å²) in [5.41, 5.74) is 1.36. The molecule has 40 heavy (non-hydrogen) atoms. The lowest BCUT2D eigenvalue weighted by molar-refractivity contribution is -0.146. The molecule has 0 spiro atoms. The van der Waals surface area contributed by atoms with Gasteiger partial charge in [-0.2, -0.15) is 5.10 Å². The number of likely N-dealkylation sites (tertiary alicyclic amines) is 1. The van der Waals surface area contributed by atoms with E-state index < -0.39 is 47.3 Å². The predicted octanol–water partition coefficient (Wildman–Crippen LogP) is 4.62. The fourth-order valence-electron chi connectivity index (χ4n) is 5.54. The van der Waals surface area contributed by atoms with Crippen molar-refractivity contribution in [1.29, 1.82) is 0 Å². The summed E-state index contributed by atoms with van der Waals surface area (Å²) in [6, 6.07) is 6.69. The zero-order valence-electron chi connectivity index (χ0n) is 22.6. The van der Waals surface area contributed by atoms with Crippen molar-refractivity contribution in [3.05, 3.63) is 88.5 Å². The van der Waals surface area contributed by atoms with Crippen LogP contribution in [0.3, 0.4) is 0 Å². The molecule has 1 saturated heterocycles. The quantitative estimate of drug-likeness (QED) is 0.463. The second kappa shape index (κ2) is 11.0. The molecule has 1 fully saturated rings. The van der Waals surface area contributed by atoms with E-state index in [1.54, 1.807) is 45.2 Å². The van der Waals surface area contributed by atoms with E-state index >= 15 is 4.39 Å². The number of ether oxygens (including phenoxy) is 1. The number of alkyl carbamates (subject to hydrolysis) is 1. The smallest absolute Gasteiger partial charge is 0.407 e. The first kappa shape index (κ1) is 27.7. The van der Waals surface area contributed by atoms with Crippen molar-refractivity contribution in [1.82, 2.24) is 25.3 Å². The van der Waals surface area contributed by atoms with Crippen LogP contribution in [0.5, 0.6) is 0 Å². The minimum absolute atomic E-state index is 0.0179. The highest BCUT2D eigenvalue weighted by Crippen LogP contribution is 2.38. The Balaban J connectivity index is 1.53. The third kappa shape index (κ3) is 5.84. The number of aromatic amines is 1. The minimum Gasteiger partial charge on any atom is -0.444 e. The zero-order valence-corrected chi connectivity index (χ0v) is 22.6. The topological polar surface area (TPSA) is 90.6 Å². The van der Waals surface area contributed by atoms with E-state index in [-0.39, 0.29) is 30.9 Å². The molecule has 212 valence electrons. The average molecular weight is 556 g/mol. The summed E-state index contributed by atoms with van der Waals surface area (Å²) in [5.74, 6) is -2.13. The Morgan fingerprint density at radius 1 is 1.12 bits per heavy atom. The van der Waals surface area contributed by atoms with Crippen molar-refractivity contribution in [2.45, 2.75) is 70.4 Å². The van der Waals surface area contributed by atoms with E-state index in [9.17, 15) is 18.4 Å². The molecule has 2 aromatic carbocycles. The maximum atomic E-state index is 15.3. The Bertz CT molecular complexity index is 1390. The van der Waals surface area contributed by atoms with E-state index in [1.807, 2.05) is 4.90 Å². The summed E-state index contributed by atoms with van der Waals surface area (Å²) in [6.45, 7) is 6.07. The van der Waals surface area contributed by atoms with Crippen LogP contribution >= 0.6 is 0 Å². The average Bonchev–Trinajstić information content (AvgIpc) is 3.48. The molecule has 11 heteroatoms. The minimum atomic E-state index is -1.05. The van der Waals surface area contributed by atoms with Gasteiger partial charge in [0, 0.05) is 30.8 Å². The first-order chi connectivity index (χ1) is 19.0. The lowest BCUT2D eigenvalue weighted by Gasteiger charge is -2.47. The second-order valence-electron chi connectivity index (χ2n) is 11.3. The van der Waals surface area contributed by atoms with Crippen molar-refractivity contribution in [3.63, 3.8) is 0 Å². The molecule has 8 nitrogen and oxygen atoms in total. The molecule has 3 unspecified atom stereocenters. The number of piperidine rings is 1. The standard InChI is InChI=1S/C29H32F3N5O3/c1-29(2,3)40-28(39)34-23-13-25(36-15-18-14-33-35-24(18)16-36)27(38)37(11-10-17-6-4-5-7-21(17)31)26(23)20-12-19(30)8-9-22(20)32/h4-9,12,14,23,25-26H,10-11,13,15-16H2,1-3H3,(H,33,35)(H,34,39). The van der Waals surface area contributed by atoms with Crippen LogP contribution in [0.2, 0.25) is 0 Å². The number of rotatable bonds is 6. The molecule has 5 rings (SSSR count). The molecular formula is C29H32F3N5O3. The fourth-order valence-corrected chi connectivity index (χ4v) is 5.54. The first-order valence-corrected chi connectivity index (χ1v) is 13.2. The maximum absolute atomic E-state index is 15.3. The molecule has 0 bridgehead atoms. The zero-order chi connectivity index (χ0) is 28.6. The van der Waals surface area contributed by atoms with Crippen molar-refractivity contribution in [2.24, 2.45) is 0 Å². The Labute approximate surface area is 230 Å². The van der Waals surface area contributed by atoms with Crippen LogP contribution in [0.25, 0.3) is 0 Å².